The summed E-state index contributed by atoms with van der Waals surface area (Å²) in [7, 11) is 2.18. The van der Waals surface area contributed by atoms with Crippen LogP contribution in [0.3, 0.4) is 0 Å². The third-order valence-electron chi connectivity index (χ3n) is 3.71. The van der Waals surface area contributed by atoms with Gasteiger partial charge in [-0.1, -0.05) is 24.1 Å². The minimum Gasteiger partial charge on any atom is -0.492 e. The first kappa shape index (κ1) is 14.4. The minimum absolute atomic E-state index is 0.665. The van der Waals surface area contributed by atoms with E-state index < -0.39 is 0 Å². The van der Waals surface area contributed by atoms with E-state index in [1.807, 2.05) is 12.1 Å². The first-order valence-electron chi connectivity index (χ1n) is 7.35. The van der Waals surface area contributed by atoms with E-state index >= 15 is 0 Å². The lowest BCUT2D eigenvalue weighted by Gasteiger charge is -2.28. The summed E-state index contributed by atoms with van der Waals surface area (Å²) in [4.78, 5) is 2.36. The molecule has 1 N–H and O–H groups in total. The molecule has 3 heteroatoms. The van der Waals surface area contributed by atoms with Gasteiger partial charge in [-0.25, -0.2) is 0 Å². The molecule has 1 aromatic rings. The lowest BCUT2D eigenvalue weighted by molar-refractivity contribution is 0.211. The van der Waals surface area contributed by atoms with Crippen LogP contribution < -0.4 is 10.1 Å². The van der Waals surface area contributed by atoms with Crippen LogP contribution in [-0.4, -0.2) is 44.2 Å². The summed E-state index contributed by atoms with van der Waals surface area (Å²) in [6.07, 6.45) is 4.01. The van der Waals surface area contributed by atoms with Crippen LogP contribution in [0.4, 0.5) is 0 Å². The van der Waals surface area contributed by atoms with Gasteiger partial charge in [0.1, 0.15) is 12.4 Å². The third-order valence-corrected chi connectivity index (χ3v) is 3.71. The molecule has 3 nitrogen and oxygen atoms in total. The molecule has 0 aliphatic carbocycles. The van der Waals surface area contributed by atoms with E-state index in [1.54, 1.807) is 0 Å². The Bertz CT molecular complexity index is 358. The topological polar surface area (TPSA) is 24.5 Å². The van der Waals surface area contributed by atoms with E-state index in [9.17, 15) is 0 Å². The van der Waals surface area contributed by atoms with Crippen molar-refractivity contribution in [2.75, 3.05) is 33.3 Å². The number of rotatable bonds is 6. The van der Waals surface area contributed by atoms with Crippen LogP contribution >= 0.6 is 0 Å². The Morgan fingerprint density at radius 1 is 1.26 bits per heavy atom. The highest BCUT2D eigenvalue weighted by Crippen LogP contribution is 2.11. The van der Waals surface area contributed by atoms with Crippen molar-refractivity contribution in [3.05, 3.63) is 29.8 Å². The molecule has 1 fully saturated rings. The molecule has 1 aliphatic rings. The summed E-state index contributed by atoms with van der Waals surface area (Å²) in [5.41, 5.74) is 1.27. The number of nitrogens with one attached hydrogen (secondary N) is 1. The van der Waals surface area contributed by atoms with Crippen LogP contribution in [0.1, 0.15) is 24.8 Å². The molecule has 0 amide bonds. The SMILES string of the molecule is Cc1ccc(OCCN(C)CC2CCCCN2)cc1. The molecule has 0 bridgehead atoms. The molecule has 0 spiro atoms. The van der Waals surface area contributed by atoms with Crippen molar-refractivity contribution in [2.45, 2.75) is 32.2 Å². The second-order valence-electron chi connectivity index (χ2n) is 5.57. The molecule has 1 unspecified atom stereocenters. The molecule has 1 aliphatic heterocycles. The van der Waals surface area contributed by atoms with Crippen LogP contribution in [-0.2, 0) is 0 Å². The molecule has 1 saturated heterocycles. The van der Waals surface area contributed by atoms with Crippen molar-refractivity contribution >= 4 is 0 Å². The van der Waals surface area contributed by atoms with E-state index in [-0.39, 0.29) is 0 Å². The maximum absolute atomic E-state index is 5.76. The molecule has 0 saturated carbocycles. The quantitative estimate of drug-likeness (QED) is 0.852. The Labute approximate surface area is 116 Å². The molecule has 106 valence electrons. The molecule has 0 aromatic heterocycles. The van der Waals surface area contributed by atoms with Crippen LogP contribution in [0, 0.1) is 6.92 Å². The van der Waals surface area contributed by atoms with E-state index in [0.717, 1.165) is 25.4 Å². The Morgan fingerprint density at radius 2 is 2.05 bits per heavy atom. The van der Waals surface area contributed by atoms with Gasteiger partial charge in [0.15, 0.2) is 0 Å². The number of piperidine rings is 1. The highest BCUT2D eigenvalue weighted by atomic mass is 16.5. The smallest absolute Gasteiger partial charge is 0.119 e. The second kappa shape index (κ2) is 7.51. The van der Waals surface area contributed by atoms with Crippen LogP contribution in [0.2, 0.25) is 0 Å². The van der Waals surface area contributed by atoms with Gasteiger partial charge < -0.3 is 15.0 Å². The first-order chi connectivity index (χ1) is 9.24. The maximum Gasteiger partial charge on any atom is 0.119 e. The molecule has 0 radical (unpaired) electrons. The fourth-order valence-electron chi connectivity index (χ4n) is 2.50. The van der Waals surface area contributed by atoms with Gasteiger partial charge in [-0.05, 0) is 45.5 Å². The number of aryl methyl sites for hydroxylation is 1. The summed E-state index contributed by atoms with van der Waals surface area (Å²) >= 11 is 0. The zero-order valence-corrected chi connectivity index (χ0v) is 12.2. The lowest BCUT2D eigenvalue weighted by atomic mass is 10.0. The lowest BCUT2D eigenvalue weighted by Crippen LogP contribution is -2.43. The van der Waals surface area contributed by atoms with Gasteiger partial charge in [0, 0.05) is 19.1 Å². The molecule has 2 rings (SSSR count). The van der Waals surface area contributed by atoms with Crippen LogP contribution in [0.15, 0.2) is 24.3 Å². The summed E-state index contributed by atoms with van der Waals surface area (Å²) < 4.78 is 5.76. The summed E-state index contributed by atoms with van der Waals surface area (Å²) in [5, 5.41) is 3.58. The molecule has 19 heavy (non-hydrogen) atoms. The summed E-state index contributed by atoms with van der Waals surface area (Å²) in [6, 6.07) is 8.92. The molecule has 1 heterocycles. The zero-order chi connectivity index (χ0) is 13.5. The fraction of sp³-hybridized carbons (Fsp3) is 0.625. The number of hydrogen-bond acceptors (Lipinski definition) is 3. The van der Waals surface area contributed by atoms with Crippen molar-refractivity contribution in [3.63, 3.8) is 0 Å². The highest BCUT2D eigenvalue weighted by molar-refractivity contribution is 5.26. The van der Waals surface area contributed by atoms with Gasteiger partial charge in [-0.3, -0.25) is 0 Å². The average Bonchev–Trinajstić information content (AvgIpc) is 2.42. The van der Waals surface area contributed by atoms with E-state index in [0.29, 0.717) is 6.04 Å². The Balaban J connectivity index is 1.63. The van der Waals surface area contributed by atoms with E-state index in [1.165, 1.54) is 31.4 Å². The Kier molecular flexibility index (Phi) is 5.67. The van der Waals surface area contributed by atoms with Gasteiger partial charge >= 0.3 is 0 Å². The van der Waals surface area contributed by atoms with Crippen molar-refractivity contribution in [2.24, 2.45) is 0 Å². The summed E-state index contributed by atoms with van der Waals surface area (Å²) in [6.45, 7) is 6.13. The van der Waals surface area contributed by atoms with Crippen molar-refractivity contribution in [3.8, 4) is 5.75 Å². The van der Waals surface area contributed by atoms with E-state index in [2.05, 4.69) is 36.3 Å². The van der Waals surface area contributed by atoms with Gasteiger partial charge in [-0.15, -0.1) is 0 Å². The number of likely N-dealkylation sites (N-methyl/N-ethyl adjacent to an activating group) is 1. The highest BCUT2D eigenvalue weighted by Gasteiger charge is 2.14. The van der Waals surface area contributed by atoms with Crippen molar-refractivity contribution in [1.82, 2.24) is 10.2 Å². The summed E-state index contributed by atoms with van der Waals surface area (Å²) in [5.74, 6) is 0.967. The molecular formula is C16H26N2O. The number of nitrogens with zero attached hydrogens (tertiary/aromatic N) is 1. The Morgan fingerprint density at radius 3 is 2.74 bits per heavy atom. The first-order valence-corrected chi connectivity index (χ1v) is 7.35. The predicted octanol–water partition coefficient (Wildman–Crippen LogP) is 2.45. The standard InChI is InChI=1S/C16H26N2O/c1-14-6-8-16(9-7-14)19-12-11-18(2)13-15-5-3-4-10-17-15/h6-9,15,17H,3-5,10-13H2,1-2H3. The normalized spacial score (nSPS) is 19.6. The van der Waals surface area contributed by atoms with Gasteiger partial charge in [0.05, 0.1) is 0 Å². The van der Waals surface area contributed by atoms with Gasteiger partial charge in [0.2, 0.25) is 0 Å². The van der Waals surface area contributed by atoms with Crippen LogP contribution in [0.5, 0.6) is 5.75 Å². The Hall–Kier alpha value is -1.06. The molecular weight excluding hydrogens is 236 g/mol. The van der Waals surface area contributed by atoms with Crippen molar-refractivity contribution < 1.29 is 4.74 Å². The number of benzene rings is 1. The second-order valence-corrected chi connectivity index (χ2v) is 5.57. The zero-order valence-electron chi connectivity index (χ0n) is 12.2. The predicted molar refractivity (Wildman–Crippen MR) is 79.8 cm³/mol. The molecule has 1 atom stereocenters. The van der Waals surface area contributed by atoms with Gasteiger partial charge in [0.25, 0.3) is 0 Å². The van der Waals surface area contributed by atoms with Crippen molar-refractivity contribution in [1.29, 1.82) is 0 Å². The average molecular weight is 262 g/mol. The third kappa shape index (κ3) is 5.21. The maximum atomic E-state index is 5.76. The largest absolute Gasteiger partial charge is 0.492 e. The van der Waals surface area contributed by atoms with E-state index in [4.69, 9.17) is 4.74 Å². The van der Waals surface area contributed by atoms with Crippen LogP contribution in [0.25, 0.3) is 0 Å². The fourth-order valence-corrected chi connectivity index (χ4v) is 2.50. The number of hydrogen-bond donors (Lipinski definition) is 1. The monoisotopic (exact) mass is 262 g/mol. The molecule has 1 aromatic carbocycles. The van der Waals surface area contributed by atoms with Gasteiger partial charge in [-0.2, -0.15) is 0 Å². The minimum atomic E-state index is 0.665. The number of ether oxygens (including phenoxy) is 1.